The number of pyridine rings is 1. The Bertz CT molecular complexity index is 273. The SMILES string of the molecule is Nc1nc(O)c(O)c(O)c1N. The van der Waals surface area contributed by atoms with Crippen molar-refractivity contribution in [1.29, 1.82) is 0 Å². The Hall–Kier alpha value is -1.85. The summed E-state index contributed by atoms with van der Waals surface area (Å²) in [6, 6.07) is 0. The highest BCUT2D eigenvalue weighted by molar-refractivity contribution is 5.72. The molecule has 0 saturated carbocycles. The lowest BCUT2D eigenvalue weighted by Gasteiger charge is -2.04. The van der Waals surface area contributed by atoms with Crippen molar-refractivity contribution in [3.63, 3.8) is 0 Å². The maximum Gasteiger partial charge on any atom is 0.260 e. The standard InChI is InChI=1S/C5H7N3O3/c6-1-2(9)3(10)5(11)8-4(1)7/h10H,6H2,(H4,7,8,9,11). The van der Waals surface area contributed by atoms with E-state index in [0.717, 1.165) is 0 Å². The van der Waals surface area contributed by atoms with Gasteiger partial charge in [-0.3, -0.25) is 0 Å². The number of anilines is 2. The molecule has 6 heteroatoms. The van der Waals surface area contributed by atoms with Gasteiger partial charge in [-0.05, 0) is 0 Å². The second-order valence-electron chi connectivity index (χ2n) is 1.93. The molecule has 0 amide bonds. The van der Waals surface area contributed by atoms with Crippen molar-refractivity contribution in [3.8, 4) is 17.4 Å². The fourth-order valence-corrected chi connectivity index (χ4v) is 0.582. The zero-order chi connectivity index (χ0) is 8.59. The van der Waals surface area contributed by atoms with Crippen LogP contribution in [0.25, 0.3) is 0 Å². The van der Waals surface area contributed by atoms with Crippen molar-refractivity contribution in [1.82, 2.24) is 4.98 Å². The van der Waals surface area contributed by atoms with E-state index in [1.165, 1.54) is 0 Å². The van der Waals surface area contributed by atoms with Crippen LogP contribution in [0.4, 0.5) is 11.5 Å². The summed E-state index contributed by atoms with van der Waals surface area (Å²) in [7, 11) is 0. The van der Waals surface area contributed by atoms with Crippen LogP contribution in [0.15, 0.2) is 0 Å². The Labute approximate surface area is 61.7 Å². The summed E-state index contributed by atoms with van der Waals surface area (Å²) in [4.78, 5) is 3.23. The summed E-state index contributed by atoms with van der Waals surface area (Å²) in [5.41, 5.74) is 10.0. The Morgan fingerprint density at radius 2 is 1.55 bits per heavy atom. The number of nitrogens with zero attached hydrogens (tertiary/aromatic N) is 1. The Balaban J connectivity index is 3.46. The minimum absolute atomic E-state index is 0.224. The van der Waals surface area contributed by atoms with Gasteiger partial charge >= 0.3 is 0 Å². The summed E-state index contributed by atoms with van der Waals surface area (Å²) in [5, 5.41) is 26.5. The van der Waals surface area contributed by atoms with Crippen LogP contribution >= 0.6 is 0 Å². The van der Waals surface area contributed by atoms with Gasteiger partial charge in [-0.25, -0.2) is 0 Å². The quantitative estimate of drug-likeness (QED) is 0.341. The van der Waals surface area contributed by atoms with Gasteiger partial charge in [0.1, 0.15) is 5.69 Å². The zero-order valence-corrected chi connectivity index (χ0v) is 5.44. The van der Waals surface area contributed by atoms with E-state index in [-0.39, 0.29) is 11.5 Å². The van der Waals surface area contributed by atoms with Crippen LogP contribution in [0.5, 0.6) is 17.4 Å². The third kappa shape index (κ3) is 0.936. The minimum Gasteiger partial charge on any atom is -0.503 e. The van der Waals surface area contributed by atoms with E-state index in [0.29, 0.717) is 0 Å². The van der Waals surface area contributed by atoms with Gasteiger partial charge in [0.05, 0.1) is 0 Å². The molecular weight excluding hydrogens is 150 g/mol. The number of hydrogen-bond donors (Lipinski definition) is 5. The van der Waals surface area contributed by atoms with E-state index in [4.69, 9.17) is 26.8 Å². The van der Waals surface area contributed by atoms with Crippen LogP contribution < -0.4 is 11.5 Å². The maximum atomic E-state index is 8.91. The predicted octanol–water partition coefficient (Wildman–Crippen LogP) is -0.637. The van der Waals surface area contributed by atoms with E-state index in [9.17, 15) is 0 Å². The molecule has 0 aliphatic carbocycles. The van der Waals surface area contributed by atoms with Crippen molar-refractivity contribution in [2.24, 2.45) is 0 Å². The molecule has 7 N–H and O–H groups in total. The summed E-state index contributed by atoms with van der Waals surface area (Å²) in [5.74, 6) is -2.39. The largest absolute Gasteiger partial charge is 0.503 e. The summed E-state index contributed by atoms with van der Waals surface area (Å²) in [6.07, 6.45) is 0. The molecule has 0 radical (unpaired) electrons. The molecule has 1 heterocycles. The molecule has 0 bridgehead atoms. The monoisotopic (exact) mass is 157 g/mol. The number of hydrogen-bond acceptors (Lipinski definition) is 6. The van der Waals surface area contributed by atoms with Crippen molar-refractivity contribution in [2.75, 3.05) is 11.5 Å². The summed E-state index contributed by atoms with van der Waals surface area (Å²) in [6.45, 7) is 0. The van der Waals surface area contributed by atoms with Gasteiger partial charge < -0.3 is 26.8 Å². The molecule has 60 valence electrons. The first kappa shape index (κ1) is 7.26. The van der Waals surface area contributed by atoms with E-state index in [1.807, 2.05) is 0 Å². The van der Waals surface area contributed by atoms with Crippen LogP contribution in [0.2, 0.25) is 0 Å². The van der Waals surface area contributed by atoms with Crippen LogP contribution in [-0.4, -0.2) is 20.3 Å². The highest BCUT2D eigenvalue weighted by atomic mass is 16.3. The second-order valence-corrected chi connectivity index (χ2v) is 1.93. The normalized spacial score (nSPS) is 9.82. The number of aromatic nitrogens is 1. The van der Waals surface area contributed by atoms with E-state index >= 15 is 0 Å². The molecule has 0 atom stereocenters. The lowest BCUT2D eigenvalue weighted by molar-refractivity contribution is 0.359. The molecule has 0 aromatic carbocycles. The zero-order valence-electron chi connectivity index (χ0n) is 5.44. The fraction of sp³-hybridized carbons (Fsp3) is 0. The predicted molar refractivity (Wildman–Crippen MR) is 38.1 cm³/mol. The third-order valence-corrected chi connectivity index (χ3v) is 1.19. The van der Waals surface area contributed by atoms with E-state index in [2.05, 4.69) is 4.98 Å². The molecule has 0 aliphatic heterocycles. The Morgan fingerprint density at radius 1 is 1.00 bits per heavy atom. The van der Waals surface area contributed by atoms with Gasteiger partial charge in [0.15, 0.2) is 11.6 Å². The number of rotatable bonds is 0. The van der Waals surface area contributed by atoms with Crippen LogP contribution in [-0.2, 0) is 0 Å². The van der Waals surface area contributed by atoms with Gasteiger partial charge in [0.25, 0.3) is 5.88 Å². The first-order valence-electron chi connectivity index (χ1n) is 2.70. The van der Waals surface area contributed by atoms with Crippen LogP contribution in [0, 0.1) is 0 Å². The van der Waals surface area contributed by atoms with Crippen LogP contribution in [0.3, 0.4) is 0 Å². The topological polar surface area (TPSA) is 126 Å². The Morgan fingerprint density at radius 3 is 2.09 bits per heavy atom. The molecular formula is C5H7N3O3. The first-order valence-corrected chi connectivity index (χ1v) is 2.70. The molecule has 1 aromatic heterocycles. The lowest BCUT2D eigenvalue weighted by Crippen LogP contribution is -1.98. The molecule has 0 unspecified atom stereocenters. The molecule has 0 saturated heterocycles. The van der Waals surface area contributed by atoms with Gasteiger partial charge in [-0.2, -0.15) is 4.98 Å². The molecule has 1 rings (SSSR count). The summed E-state index contributed by atoms with van der Waals surface area (Å²) >= 11 is 0. The average Bonchev–Trinajstić information content (AvgIpc) is 1.97. The molecule has 11 heavy (non-hydrogen) atoms. The average molecular weight is 157 g/mol. The highest BCUT2D eigenvalue weighted by Gasteiger charge is 2.13. The molecule has 0 spiro atoms. The van der Waals surface area contributed by atoms with Gasteiger partial charge in [0, 0.05) is 0 Å². The van der Waals surface area contributed by atoms with Gasteiger partial charge in [-0.15, -0.1) is 0 Å². The van der Waals surface area contributed by atoms with Crippen molar-refractivity contribution in [2.45, 2.75) is 0 Å². The van der Waals surface area contributed by atoms with Crippen molar-refractivity contribution >= 4 is 11.5 Å². The minimum atomic E-state index is -0.767. The number of nitrogens with two attached hydrogens (primary N) is 2. The van der Waals surface area contributed by atoms with Crippen LogP contribution in [0.1, 0.15) is 0 Å². The number of aromatic hydroxyl groups is 3. The molecule has 1 aromatic rings. The number of nitrogen functional groups attached to an aromatic ring is 2. The van der Waals surface area contributed by atoms with Gasteiger partial charge in [0.2, 0.25) is 5.75 Å². The first-order chi connectivity index (χ1) is 5.04. The molecule has 0 fully saturated rings. The van der Waals surface area contributed by atoms with Crippen molar-refractivity contribution < 1.29 is 15.3 Å². The molecule has 0 aliphatic rings. The highest BCUT2D eigenvalue weighted by Crippen LogP contribution is 2.39. The maximum absolute atomic E-state index is 8.91. The van der Waals surface area contributed by atoms with Crippen molar-refractivity contribution in [3.05, 3.63) is 0 Å². The second kappa shape index (κ2) is 2.08. The Kier molecular flexibility index (Phi) is 1.37. The van der Waals surface area contributed by atoms with Gasteiger partial charge in [-0.1, -0.05) is 0 Å². The van der Waals surface area contributed by atoms with E-state index < -0.39 is 17.4 Å². The third-order valence-electron chi connectivity index (χ3n) is 1.19. The molecule has 6 nitrogen and oxygen atoms in total. The van der Waals surface area contributed by atoms with E-state index in [1.54, 1.807) is 0 Å². The fourth-order valence-electron chi connectivity index (χ4n) is 0.582. The lowest BCUT2D eigenvalue weighted by atomic mass is 10.3. The summed E-state index contributed by atoms with van der Waals surface area (Å²) < 4.78 is 0. The smallest absolute Gasteiger partial charge is 0.260 e.